The number of aromatic nitrogens is 3. The lowest BCUT2D eigenvalue weighted by atomic mass is 10.4. The highest BCUT2D eigenvalue weighted by Crippen LogP contribution is 2.12. The smallest absolute Gasteiger partial charge is 0.336 e. The topological polar surface area (TPSA) is 104 Å². The van der Waals surface area contributed by atoms with Gasteiger partial charge in [0, 0.05) is 0 Å². The number of epoxide rings is 3. The molecule has 3 fully saturated rings. The van der Waals surface area contributed by atoms with Gasteiger partial charge in [-0.15, -0.1) is 0 Å². The van der Waals surface area contributed by atoms with Gasteiger partial charge in [-0.3, -0.25) is 0 Å². The van der Waals surface area contributed by atoms with Gasteiger partial charge in [-0.25, -0.2) is 28.1 Å². The van der Waals surface area contributed by atoms with Crippen molar-refractivity contribution in [2.24, 2.45) is 0 Å². The Hall–Kier alpha value is -1.71. The highest BCUT2D eigenvalue weighted by Gasteiger charge is 2.31. The molecule has 0 spiro atoms. The fraction of sp³-hybridized carbons (Fsp3) is 0.750. The van der Waals surface area contributed by atoms with Gasteiger partial charge in [-0.05, 0) is 0 Å². The fourth-order valence-electron chi connectivity index (χ4n) is 2.28. The molecule has 4 rings (SSSR count). The Kier molecular flexibility index (Phi) is 2.88. The summed E-state index contributed by atoms with van der Waals surface area (Å²) in [6.45, 7) is 2.12. The summed E-state index contributed by atoms with van der Waals surface area (Å²) in [6, 6.07) is 0. The first-order valence-corrected chi connectivity index (χ1v) is 6.93. The van der Waals surface area contributed by atoms with Gasteiger partial charge in [0.15, 0.2) is 0 Å². The third kappa shape index (κ3) is 2.59. The van der Waals surface area contributed by atoms with E-state index in [1.54, 1.807) is 0 Å². The van der Waals surface area contributed by atoms with Crippen LogP contribution in [0.1, 0.15) is 0 Å². The second-order valence-electron chi connectivity index (χ2n) is 5.55. The van der Waals surface area contributed by atoms with Crippen molar-refractivity contribution < 1.29 is 14.2 Å². The molecule has 0 saturated carbocycles. The van der Waals surface area contributed by atoms with Gasteiger partial charge in [0.2, 0.25) is 0 Å². The predicted octanol–water partition coefficient (Wildman–Crippen LogP) is -2.63. The molecule has 1 aromatic heterocycles. The van der Waals surface area contributed by atoms with Gasteiger partial charge in [0.1, 0.15) is 0 Å². The van der Waals surface area contributed by atoms with Crippen molar-refractivity contribution >= 4 is 0 Å². The van der Waals surface area contributed by atoms with Gasteiger partial charge < -0.3 is 14.2 Å². The average Bonchev–Trinajstić information content (AvgIpc) is 3.31. The van der Waals surface area contributed by atoms with E-state index in [0.717, 1.165) is 13.7 Å². The van der Waals surface area contributed by atoms with E-state index in [4.69, 9.17) is 14.2 Å². The van der Waals surface area contributed by atoms with E-state index in [0.29, 0.717) is 19.8 Å². The standard InChI is InChI=1S/C12H15N3O6/c16-10-13(1-7-4-19-7)11(17)15(3-9-6-21-9)12(18)14(10)2-8-5-20-8/h7-9H,1-6H2/t7-,8?,9?/m0/s1. The van der Waals surface area contributed by atoms with Gasteiger partial charge in [-0.2, -0.15) is 0 Å². The van der Waals surface area contributed by atoms with Gasteiger partial charge in [0.05, 0.1) is 57.8 Å². The van der Waals surface area contributed by atoms with Crippen LogP contribution in [-0.4, -0.2) is 51.8 Å². The molecule has 0 bridgehead atoms. The van der Waals surface area contributed by atoms with Crippen molar-refractivity contribution in [2.45, 2.75) is 37.9 Å². The molecule has 9 nitrogen and oxygen atoms in total. The molecule has 21 heavy (non-hydrogen) atoms. The van der Waals surface area contributed by atoms with E-state index < -0.39 is 17.1 Å². The molecule has 0 radical (unpaired) electrons. The van der Waals surface area contributed by atoms with Crippen LogP contribution >= 0.6 is 0 Å². The molecule has 3 aliphatic heterocycles. The van der Waals surface area contributed by atoms with Crippen LogP contribution in [0.15, 0.2) is 14.4 Å². The second-order valence-corrected chi connectivity index (χ2v) is 5.55. The van der Waals surface area contributed by atoms with Crippen LogP contribution in [0, 0.1) is 0 Å². The molecule has 0 aromatic carbocycles. The van der Waals surface area contributed by atoms with Crippen LogP contribution in [0.4, 0.5) is 0 Å². The van der Waals surface area contributed by atoms with E-state index in [2.05, 4.69) is 0 Å². The van der Waals surface area contributed by atoms with Crippen LogP contribution in [0.2, 0.25) is 0 Å². The first kappa shape index (κ1) is 13.0. The molecular weight excluding hydrogens is 282 g/mol. The zero-order valence-electron chi connectivity index (χ0n) is 11.3. The number of hydrogen-bond donors (Lipinski definition) is 0. The molecule has 114 valence electrons. The summed E-state index contributed by atoms with van der Waals surface area (Å²) in [4.78, 5) is 37.1. The van der Waals surface area contributed by atoms with Crippen LogP contribution in [0.5, 0.6) is 0 Å². The lowest BCUT2D eigenvalue weighted by Gasteiger charge is -2.12. The van der Waals surface area contributed by atoms with E-state index in [1.165, 1.54) is 0 Å². The van der Waals surface area contributed by atoms with Crippen LogP contribution in [-0.2, 0) is 33.8 Å². The summed E-state index contributed by atoms with van der Waals surface area (Å²) in [7, 11) is 0. The molecule has 9 heteroatoms. The molecule has 3 saturated heterocycles. The summed E-state index contributed by atoms with van der Waals surface area (Å²) in [5.74, 6) is 0. The fourth-order valence-corrected chi connectivity index (χ4v) is 2.28. The third-order valence-electron chi connectivity index (χ3n) is 3.75. The highest BCUT2D eigenvalue weighted by molar-refractivity contribution is 4.86. The summed E-state index contributed by atoms with van der Waals surface area (Å²) in [6.07, 6.45) is -0.363. The molecule has 2 unspecified atom stereocenters. The third-order valence-corrected chi connectivity index (χ3v) is 3.75. The second kappa shape index (κ2) is 4.65. The highest BCUT2D eigenvalue weighted by atomic mass is 16.6. The first-order valence-electron chi connectivity index (χ1n) is 6.93. The molecule has 0 amide bonds. The monoisotopic (exact) mass is 297 g/mol. The average molecular weight is 297 g/mol. The number of rotatable bonds is 6. The van der Waals surface area contributed by atoms with Gasteiger partial charge in [-0.1, -0.05) is 0 Å². The van der Waals surface area contributed by atoms with E-state index >= 15 is 0 Å². The minimum absolute atomic E-state index is 0.121. The minimum atomic E-state index is -0.594. The molecular formula is C12H15N3O6. The maximum Gasteiger partial charge on any atom is 0.336 e. The molecule has 3 aliphatic rings. The number of ether oxygens (including phenoxy) is 3. The van der Waals surface area contributed by atoms with Crippen molar-refractivity contribution in [3.63, 3.8) is 0 Å². The Labute approximate surface area is 118 Å². The number of hydrogen-bond acceptors (Lipinski definition) is 6. The summed E-state index contributed by atoms with van der Waals surface area (Å²) in [5.41, 5.74) is -1.78. The zero-order chi connectivity index (χ0) is 14.6. The zero-order valence-corrected chi connectivity index (χ0v) is 11.3. The Morgan fingerprint density at radius 2 is 0.905 bits per heavy atom. The van der Waals surface area contributed by atoms with Crippen molar-refractivity contribution in [3.05, 3.63) is 31.5 Å². The van der Waals surface area contributed by atoms with E-state index in [9.17, 15) is 14.4 Å². The Morgan fingerprint density at radius 3 is 1.10 bits per heavy atom. The number of nitrogens with zero attached hydrogens (tertiary/aromatic N) is 3. The molecule has 1 aromatic rings. The van der Waals surface area contributed by atoms with Crippen LogP contribution < -0.4 is 17.1 Å². The van der Waals surface area contributed by atoms with Crippen molar-refractivity contribution in [2.75, 3.05) is 19.8 Å². The SMILES string of the molecule is O=c1n(CC2CO2)c(=O)n(C[C@H]2CO2)c(=O)n1CC1CO1. The van der Waals surface area contributed by atoms with Crippen LogP contribution in [0.25, 0.3) is 0 Å². The van der Waals surface area contributed by atoms with E-state index in [1.807, 2.05) is 0 Å². The normalized spacial score (nSPS) is 29.4. The van der Waals surface area contributed by atoms with Crippen molar-refractivity contribution in [3.8, 4) is 0 Å². The molecule has 0 N–H and O–H groups in total. The maximum atomic E-state index is 12.4. The minimum Gasteiger partial charge on any atom is -0.371 e. The van der Waals surface area contributed by atoms with Crippen LogP contribution in [0.3, 0.4) is 0 Å². The largest absolute Gasteiger partial charge is 0.371 e. The Bertz CT molecular complexity index is 605. The quantitative estimate of drug-likeness (QED) is 0.532. The Balaban J connectivity index is 1.81. The first-order chi connectivity index (χ1) is 10.1. The summed E-state index contributed by atoms with van der Waals surface area (Å²) in [5, 5.41) is 0. The lowest BCUT2D eigenvalue weighted by molar-refractivity contribution is 0.327. The molecule has 4 heterocycles. The summed E-state index contributed by atoms with van der Waals surface area (Å²) < 4.78 is 18.4. The Morgan fingerprint density at radius 1 is 0.667 bits per heavy atom. The predicted molar refractivity (Wildman–Crippen MR) is 68.4 cm³/mol. The molecule has 0 aliphatic carbocycles. The molecule has 3 atom stereocenters. The van der Waals surface area contributed by atoms with Crippen molar-refractivity contribution in [1.29, 1.82) is 0 Å². The van der Waals surface area contributed by atoms with Crippen molar-refractivity contribution in [1.82, 2.24) is 13.7 Å². The maximum absolute atomic E-state index is 12.4. The lowest BCUT2D eigenvalue weighted by Crippen LogP contribution is -2.55. The van der Waals surface area contributed by atoms with Gasteiger partial charge in [0.25, 0.3) is 0 Å². The van der Waals surface area contributed by atoms with E-state index in [-0.39, 0.29) is 37.9 Å². The summed E-state index contributed by atoms with van der Waals surface area (Å²) >= 11 is 0. The van der Waals surface area contributed by atoms with Gasteiger partial charge >= 0.3 is 17.1 Å².